The molecule has 3 aromatic carbocycles. The van der Waals surface area contributed by atoms with Crippen molar-refractivity contribution in [2.75, 3.05) is 5.32 Å². The van der Waals surface area contributed by atoms with Gasteiger partial charge in [-0.25, -0.2) is 4.68 Å². The highest BCUT2D eigenvalue weighted by Crippen LogP contribution is 2.29. The summed E-state index contributed by atoms with van der Waals surface area (Å²) in [5.41, 5.74) is 1.84. The molecule has 0 aliphatic heterocycles. The van der Waals surface area contributed by atoms with Crippen molar-refractivity contribution >= 4 is 35.3 Å². The van der Waals surface area contributed by atoms with Gasteiger partial charge in [0.15, 0.2) is 0 Å². The number of anilines is 1. The molecule has 0 radical (unpaired) electrons. The number of nitrogens with one attached hydrogen (secondary N) is 1. The Bertz CT molecular complexity index is 1470. The molecule has 0 bridgehead atoms. The van der Waals surface area contributed by atoms with Crippen LogP contribution >= 0.6 is 23.8 Å². The number of nitrogens with zero attached hydrogens (tertiary/aromatic N) is 2. The molecule has 0 aliphatic rings. The maximum Gasteiger partial charge on any atom is 0.454 e. The van der Waals surface area contributed by atoms with Crippen LogP contribution in [0.2, 0.25) is 5.02 Å². The van der Waals surface area contributed by atoms with E-state index in [1.807, 2.05) is 49.4 Å². The molecule has 0 unspecified atom stereocenters. The number of aromatic nitrogens is 2. The quantitative estimate of drug-likeness (QED) is 0.190. The summed E-state index contributed by atoms with van der Waals surface area (Å²) in [7, 11) is 0. The number of halogens is 4. The first kappa shape index (κ1) is 25.5. The first-order chi connectivity index (χ1) is 17.1. The molecule has 4 aromatic rings. The molecule has 0 fully saturated rings. The van der Waals surface area contributed by atoms with Crippen molar-refractivity contribution in [2.45, 2.75) is 26.4 Å². The summed E-state index contributed by atoms with van der Waals surface area (Å²) in [6.45, 7) is 2.07. The zero-order valence-corrected chi connectivity index (χ0v) is 20.4. The molecule has 36 heavy (non-hydrogen) atoms. The molecule has 6 nitrogen and oxygen atoms in total. The van der Waals surface area contributed by atoms with Crippen LogP contribution in [0.3, 0.4) is 0 Å². The Labute approximate surface area is 214 Å². The van der Waals surface area contributed by atoms with Gasteiger partial charge in [-0.15, -0.1) is 5.10 Å². The monoisotopic (exact) mass is 533 g/mol. The second kappa shape index (κ2) is 10.5. The number of hydrogen-bond donors (Lipinski definition) is 1. The minimum Gasteiger partial charge on any atom is -0.489 e. The molecule has 0 saturated carbocycles. The third-order valence-corrected chi connectivity index (χ3v) is 5.67. The molecular formula is C25H19ClF3N3O3S. The number of aryl methyl sites for hydroxylation is 1. The highest BCUT2D eigenvalue weighted by molar-refractivity contribution is 7.71. The van der Waals surface area contributed by atoms with Gasteiger partial charge >= 0.3 is 6.18 Å². The predicted octanol–water partition coefficient (Wildman–Crippen LogP) is 7.23. The summed E-state index contributed by atoms with van der Waals surface area (Å²) in [5.74, 6) is -1.08. The Morgan fingerprint density at radius 3 is 2.67 bits per heavy atom. The lowest BCUT2D eigenvalue weighted by Crippen LogP contribution is -2.24. The van der Waals surface area contributed by atoms with Gasteiger partial charge < -0.3 is 14.5 Å². The number of carbonyl (C=O) groups is 1. The number of benzene rings is 3. The zero-order valence-electron chi connectivity index (χ0n) is 18.8. The highest BCUT2D eigenvalue weighted by atomic mass is 35.5. The van der Waals surface area contributed by atoms with Gasteiger partial charge in [0.05, 0.1) is 5.56 Å². The zero-order chi connectivity index (χ0) is 25.9. The van der Waals surface area contributed by atoms with E-state index >= 15 is 0 Å². The molecule has 4 rings (SSSR count). The van der Waals surface area contributed by atoms with Crippen molar-refractivity contribution in [3.63, 3.8) is 0 Å². The number of alkyl halides is 3. The molecule has 0 spiro atoms. The van der Waals surface area contributed by atoms with Gasteiger partial charge in [0.2, 0.25) is 5.89 Å². The smallest absolute Gasteiger partial charge is 0.454 e. The fourth-order valence-electron chi connectivity index (χ4n) is 3.41. The van der Waals surface area contributed by atoms with E-state index in [-0.39, 0.29) is 34.7 Å². The predicted molar refractivity (Wildman–Crippen MR) is 132 cm³/mol. The van der Waals surface area contributed by atoms with Crippen molar-refractivity contribution in [3.05, 3.63) is 93.3 Å². The second-order valence-corrected chi connectivity index (χ2v) is 8.57. The van der Waals surface area contributed by atoms with E-state index < -0.39 is 17.5 Å². The summed E-state index contributed by atoms with van der Waals surface area (Å²) in [4.78, 5) is 11.8. The minimum absolute atomic E-state index is 0.00188. The third-order valence-electron chi connectivity index (χ3n) is 5.14. The van der Waals surface area contributed by atoms with E-state index in [9.17, 15) is 18.0 Å². The Morgan fingerprint density at radius 2 is 1.92 bits per heavy atom. The van der Waals surface area contributed by atoms with Gasteiger partial charge in [-0.1, -0.05) is 41.9 Å². The number of carbonyl (C=O) groups excluding carboxylic acids is 1. The fraction of sp³-hybridized carbons (Fsp3) is 0.160. The van der Waals surface area contributed by atoms with Crippen LogP contribution in [0.5, 0.6) is 5.75 Å². The van der Waals surface area contributed by atoms with Crippen LogP contribution in [0, 0.1) is 11.8 Å². The van der Waals surface area contributed by atoms with Crippen LogP contribution in [0.1, 0.15) is 21.5 Å². The number of ether oxygens (including phenoxy) is 1. The maximum absolute atomic E-state index is 13.0. The van der Waals surface area contributed by atoms with Gasteiger partial charge in [-0.2, -0.15) is 13.2 Å². The summed E-state index contributed by atoms with van der Waals surface area (Å²) in [6, 6.07) is 18.6. The van der Waals surface area contributed by atoms with E-state index in [0.717, 1.165) is 17.2 Å². The molecule has 1 aromatic heterocycles. The van der Waals surface area contributed by atoms with Crippen molar-refractivity contribution in [1.82, 2.24) is 9.78 Å². The summed E-state index contributed by atoms with van der Waals surface area (Å²) in [6.07, 6.45) is -5.05. The second-order valence-electron chi connectivity index (χ2n) is 7.79. The molecule has 0 saturated heterocycles. The van der Waals surface area contributed by atoms with Crippen LogP contribution < -0.4 is 10.1 Å². The van der Waals surface area contributed by atoms with Crippen LogP contribution in [0.15, 0.2) is 71.1 Å². The van der Waals surface area contributed by atoms with Crippen molar-refractivity contribution in [2.24, 2.45) is 0 Å². The van der Waals surface area contributed by atoms with E-state index in [4.69, 9.17) is 33.0 Å². The maximum atomic E-state index is 13.0. The first-order valence-electron chi connectivity index (χ1n) is 10.6. The van der Waals surface area contributed by atoms with Crippen LogP contribution in [0.4, 0.5) is 18.9 Å². The van der Waals surface area contributed by atoms with Crippen molar-refractivity contribution in [3.8, 4) is 17.2 Å². The van der Waals surface area contributed by atoms with Gasteiger partial charge in [0, 0.05) is 21.8 Å². The first-order valence-corrected chi connectivity index (χ1v) is 11.4. The molecule has 1 heterocycles. The number of hydrogen-bond acceptors (Lipinski definition) is 6. The van der Waals surface area contributed by atoms with Crippen LogP contribution in [-0.4, -0.2) is 21.7 Å². The van der Waals surface area contributed by atoms with Gasteiger partial charge in [-0.3, -0.25) is 4.79 Å². The lowest BCUT2D eigenvalue weighted by Gasteiger charge is -2.13. The average molecular weight is 534 g/mol. The van der Waals surface area contributed by atoms with Crippen LogP contribution in [-0.2, 0) is 13.3 Å². The molecule has 0 aliphatic carbocycles. The van der Waals surface area contributed by atoms with Gasteiger partial charge in [-0.05, 0) is 61.1 Å². The van der Waals surface area contributed by atoms with E-state index in [1.54, 1.807) is 6.07 Å². The normalized spacial score (nSPS) is 11.4. The fourth-order valence-corrected chi connectivity index (χ4v) is 3.76. The third kappa shape index (κ3) is 5.95. The SMILES string of the molecule is Cc1cccc(OCc2ccccc2-c2nn(CNc3ccc(Cl)cc3C(=O)C(F)(F)F)c(=S)o2)c1. The van der Waals surface area contributed by atoms with E-state index in [1.165, 1.54) is 16.8 Å². The highest BCUT2D eigenvalue weighted by Gasteiger charge is 2.40. The Hall–Kier alpha value is -3.63. The molecule has 0 amide bonds. The Balaban J connectivity index is 1.54. The van der Waals surface area contributed by atoms with Gasteiger partial charge in [0.25, 0.3) is 10.6 Å². The molecule has 1 N–H and O–H groups in total. The molecule has 11 heteroatoms. The number of Topliss-reactive ketones (excluding diaryl/α,β-unsaturated/α-hetero) is 1. The standard InChI is InChI=1S/C25H19ClF3N3O3S/c1-15-5-4-7-18(11-15)34-13-16-6-2-3-8-19(16)23-31-32(24(36)35-23)14-30-21-10-9-17(26)12-20(21)22(33)25(27,28)29/h2-12,30H,13-14H2,1H3. The van der Waals surface area contributed by atoms with Crippen molar-refractivity contribution in [1.29, 1.82) is 0 Å². The summed E-state index contributed by atoms with van der Waals surface area (Å²) < 4.78 is 51.9. The lowest BCUT2D eigenvalue weighted by molar-refractivity contribution is -0.0884. The molecule has 0 atom stereocenters. The topological polar surface area (TPSA) is 69.3 Å². The summed E-state index contributed by atoms with van der Waals surface area (Å²) in [5, 5.41) is 7.11. The van der Waals surface area contributed by atoms with Crippen molar-refractivity contribution < 1.29 is 27.1 Å². The molecular weight excluding hydrogens is 515 g/mol. The number of rotatable bonds is 8. The Kier molecular flexibility index (Phi) is 7.46. The summed E-state index contributed by atoms with van der Waals surface area (Å²) >= 11 is 11.1. The lowest BCUT2D eigenvalue weighted by atomic mass is 10.1. The minimum atomic E-state index is -5.05. The van der Waals surface area contributed by atoms with Gasteiger partial charge in [0.1, 0.15) is 19.0 Å². The van der Waals surface area contributed by atoms with E-state index in [2.05, 4.69) is 10.4 Å². The number of ketones is 1. The van der Waals surface area contributed by atoms with E-state index in [0.29, 0.717) is 11.3 Å². The van der Waals surface area contributed by atoms with Crippen LogP contribution in [0.25, 0.3) is 11.5 Å². The largest absolute Gasteiger partial charge is 0.489 e. The average Bonchev–Trinajstić information content (AvgIpc) is 3.21. The molecule has 186 valence electrons. The Morgan fingerprint density at radius 1 is 1.14 bits per heavy atom.